The predicted molar refractivity (Wildman–Crippen MR) is 112 cm³/mol. The molecule has 0 radical (unpaired) electrons. The molecule has 2 unspecified atom stereocenters. The van der Waals surface area contributed by atoms with Crippen molar-refractivity contribution in [3.05, 3.63) is 71.3 Å². The average Bonchev–Trinajstić information content (AvgIpc) is 3.12. The van der Waals surface area contributed by atoms with Gasteiger partial charge in [0.15, 0.2) is 0 Å². The third-order valence-corrected chi connectivity index (χ3v) is 5.49. The monoisotopic (exact) mass is 378 g/mol. The number of rotatable bonds is 6. The molecule has 2 amide bonds. The van der Waals surface area contributed by atoms with E-state index in [2.05, 4.69) is 38.2 Å². The Bertz CT molecular complexity index is 816. The van der Waals surface area contributed by atoms with Crippen molar-refractivity contribution in [2.45, 2.75) is 39.7 Å². The van der Waals surface area contributed by atoms with Crippen molar-refractivity contribution in [3.63, 3.8) is 0 Å². The van der Waals surface area contributed by atoms with Gasteiger partial charge in [0.05, 0.1) is 5.92 Å². The van der Waals surface area contributed by atoms with Gasteiger partial charge < -0.3 is 10.2 Å². The second-order valence-electron chi connectivity index (χ2n) is 8.17. The summed E-state index contributed by atoms with van der Waals surface area (Å²) in [5.41, 5.74) is 3.42. The Kier molecular flexibility index (Phi) is 6.50. The molecular formula is C24H30N2O2. The molecule has 1 aliphatic heterocycles. The Morgan fingerprint density at radius 2 is 1.71 bits per heavy atom. The fourth-order valence-corrected chi connectivity index (χ4v) is 3.99. The molecule has 1 aliphatic rings. The first-order valence-electron chi connectivity index (χ1n) is 10.1. The van der Waals surface area contributed by atoms with Crippen LogP contribution < -0.4 is 5.32 Å². The lowest BCUT2D eigenvalue weighted by Crippen LogP contribution is -2.35. The highest BCUT2D eigenvalue weighted by Crippen LogP contribution is 2.35. The number of amides is 2. The zero-order valence-electron chi connectivity index (χ0n) is 17.0. The van der Waals surface area contributed by atoms with Gasteiger partial charge in [-0.15, -0.1) is 0 Å². The molecule has 4 heteroatoms. The third-order valence-electron chi connectivity index (χ3n) is 5.49. The van der Waals surface area contributed by atoms with Crippen molar-refractivity contribution in [2.75, 3.05) is 13.1 Å². The summed E-state index contributed by atoms with van der Waals surface area (Å²) in [7, 11) is 0. The number of benzene rings is 2. The maximum absolute atomic E-state index is 13.1. The molecule has 3 rings (SSSR count). The molecule has 2 aromatic carbocycles. The third kappa shape index (κ3) is 4.80. The number of carbonyl (C=O) groups is 2. The SMILES string of the molecule is Cc1ccccc1C1CN(C(=O)CC(C)C)CC1C(=O)NCc1ccccc1. The maximum atomic E-state index is 13.1. The number of likely N-dealkylation sites (tertiary alicyclic amines) is 1. The number of carbonyl (C=O) groups excluding carboxylic acids is 2. The number of hydrogen-bond donors (Lipinski definition) is 1. The number of hydrogen-bond acceptors (Lipinski definition) is 2. The van der Waals surface area contributed by atoms with Crippen LogP contribution in [0.3, 0.4) is 0 Å². The summed E-state index contributed by atoms with van der Waals surface area (Å²) in [6.07, 6.45) is 0.527. The Balaban J connectivity index is 1.77. The van der Waals surface area contributed by atoms with Crippen LogP contribution in [0.25, 0.3) is 0 Å². The Labute approximate surface area is 167 Å². The minimum atomic E-state index is -0.221. The van der Waals surface area contributed by atoms with E-state index in [1.54, 1.807) is 0 Å². The topological polar surface area (TPSA) is 49.4 Å². The minimum absolute atomic E-state index is 0.0250. The zero-order valence-corrected chi connectivity index (χ0v) is 17.0. The van der Waals surface area contributed by atoms with Crippen LogP contribution in [0.15, 0.2) is 54.6 Å². The van der Waals surface area contributed by atoms with Crippen LogP contribution in [0, 0.1) is 18.8 Å². The lowest BCUT2D eigenvalue weighted by Gasteiger charge is -2.20. The fraction of sp³-hybridized carbons (Fsp3) is 0.417. The number of nitrogens with one attached hydrogen (secondary N) is 1. The summed E-state index contributed by atoms with van der Waals surface area (Å²) in [5.74, 6) is 0.299. The van der Waals surface area contributed by atoms with E-state index in [-0.39, 0.29) is 23.7 Å². The quantitative estimate of drug-likeness (QED) is 0.829. The molecule has 2 aromatic rings. The summed E-state index contributed by atoms with van der Waals surface area (Å²) in [6, 6.07) is 18.1. The van der Waals surface area contributed by atoms with Gasteiger partial charge >= 0.3 is 0 Å². The zero-order chi connectivity index (χ0) is 20.1. The van der Waals surface area contributed by atoms with E-state index in [1.165, 1.54) is 11.1 Å². The van der Waals surface area contributed by atoms with Crippen molar-refractivity contribution >= 4 is 11.8 Å². The smallest absolute Gasteiger partial charge is 0.225 e. The molecule has 0 bridgehead atoms. The average molecular weight is 379 g/mol. The van der Waals surface area contributed by atoms with E-state index >= 15 is 0 Å². The first-order chi connectivity index (χ1) is 13.5. The summed E-state index contributed by atoms with van der Waals surface area (Å²) >= 11 is 0. The highest BCUT2D eigenvalue weighted by atomic mass is 16.2. The summed E-state index contributed by atoms with van der Waals surface area (Å²) in [4.78, 5) is 27.6. The van der Waals surface area contributed by atoms with Crippen LogP contribution in [0.5, 0.6) is 0 Å². The van der Waals surface area contributed by atoms with Crippen LogP contribution in [0.1, 0.15) is 42.9 Å². The van der Waals surface area contributed by atoms with Crippen molar-refractivity contribution in [1.82, 2.24) is 10.2 Å². The molecule has 28 heavy (non-hydrogen) atoms. The van der Waals surface area contributed by atoms with Crippen molar-refractivity contribution < 1.29 is 9.59 Å². The first kappa shape index (κ1) is 20.1. The van der Waals surface area contributed by atoms with Crippen LogP contribution >= 0.6 is 0 Å². The summed E-state index contributed by atoms with van der Waals surface area (Å²) in [6.45, 7) is 7.79. The largest absolute Gasteiger partial charge is 0.352 e. The van der Waals surface area contributed by atoms with E-state index in [9.17, 15) is 9.59 Å². The molecular weight excluding hydrogens is 348 g/mol. The van der Waals surface area contributed by atoms with Crippen molar-refractivity contribution in [1.29, 1.82) is 0 Å². The van der Waals surface area contributed by atoms with Crippen LogP contribution in [-0.2, 0) is 16.1 Å². The van der Waals surface area contributed by atoms with Gasteiger partial charge in [0.2, 0.25) is 11.8 Å². The van der Waals surface area contributed by atoms with Gasteiger partial charge in [-0.1, -0.05) is 68.4 Å². The van der Waals surface area contributed by atoms with Crippen molar-refractivity contribution in [2.24, 2.45) is 11.8 Å². The van der Waals surface area contributed by atoms with Gasteiger partial charge in [0.25, 0.3) is 0 Å². The van der Waals surface area contributed by atoms with Gasteiger partial charge in [-0.25, -0.2) is 0 Å². The molecule has 1 fully saturated rings. The molecule has 148 valence electrons. The van der Waals surface area contributed by atoms with E-state index in [0.29, 0.717) is 32.0 Å². The molecule has 1 heterocycles. The lowest BCUT2D eigenvalue weighted by atomic mass is 9.86. The standard InChI is InChI=1S/C24H30N2O2/c1-17(2)13-23(27)26-15-21(20-12-8-7-9-18(20)3)22(16-26)24(28)25-14-19-10-5-4-6-11-19/h4-12,17,21-22H,13-16H2,1-3H3,(H,25,28). The van der Waals surface area contributed by atoms with Gasteiger partial charge in [-0.3, -0.25) is 9.59 Å². The summed E-state index contributed by atoms with van der Waals surface area (Å²) < 4.78 is 0. The van der Waals surface area contributed by atoms with E-state index in [1.807, 2.05) is 47.4 Å². The van der Waals surface area contributed by atoms with Gasteiger partial charge in [0, 0.05) is 32.0 Å². The second-order valence-corrected chi connectivity index (χ2v) is 8.17. The Morgan fingerprint density at radius 1 is 1.04 bits per heavy atom. The van der Waals surface area contributed by atoms with Crippen molar-refractivity contribution in [3.8, 4) is 0 Å². The van der Waals surface area contributed by atoms with E-state index in [4.69, 9.17) is 0 Å². The molecule has 0 aliphatic carbocycles. The second kappa shape index (κ2) is 9.05. The number of nitrogens with zero attached hydrogens (tertiary/aromatic N) is 1. The molecule has 1 saturated heterocycles. The molecule has 0 saturated carbocycles. The Morgan fingerprint density at radius 3 is 2.39 bits per heavy atom. The molecule has 0 aromatic heterocycles. The number of aryl methyl sites for hydroxylation is 1. The normalized spacial score (nSPS) is 19.1. The van der Waals surface area contributed by atoms with Crippen LogP contribution in [-0.4, -0.2) is 29.8 Å². The highest BCUT2D eigenvalue weighted by molar-refractivity contribution is 5.83. The van der Waals surface area contributed by atoms with Crippen LogP contribution in [0.2, 0.25) is 0 Å². The first-order valence-corrected chi connectivity index (χ1v) is 10.1. The minimum Gasteiger partial charge on any atom is -0.352 e. The predicted octanol–water partition coefficient (Wildman–Crippen LogP) is 3.90. The van der Waals surface area contributed by atoms with Gasteiger partial charge in [-0.05, 0) is 29.5 Å². The molecule has 4 nitrogen and oxygen atoms in total. The molecule has 0 spiro atoms. The van der Waals surface area contributed by atoms with E-state index in [0.717, 1.165) is 5.56 Å². The Hall–Kier alpha value is -2.62. The lowest BCUT2D eigenvalue weighted by molar-refractivity contribution is -0.131. The fourth-order valence-electron chi connectivity index (χ4n) is 3.99. The van der Waals surface area contributed by atoms with Crippen LogP contribution in [0.4, 0.5) is 0 Å². The summed E-state index contributed by atoms with van der Waals surface area (Å²) in [5, 5.41) is 3.08. The van der Waals surface area contributed by atoms with Gasteiger partial charge in [-0.2, -0.15) is 0 Å². The van der Waals surface area contributed by atoms with Gasteiger partial charge in [0.1, 0.15) is 0 Å². The maximum Gasteiger partial charge on any atom is 0.225 e. The molecule has 2 atom stereocenters. The molecule has 1 N–H and O–H groups in total. The van der Waals surface area contributed by atoms with E-state index < -0.39 is 0 Å². The highest BCUT2D eigenvalue weighted by Gasteiger charge is 2.40.